The first kappa shape index (κ1) is 47.6. The van der Waals surface area contributed by atoms with Crippen molar-refractivity contribution in [1.82, 2.24) is 30.0 Å². The number of nitriles is 1. The number of piperidine rings is 2. The molecule has 15 heteroatoms. The molecule has 1 atom stereocenters. The van der Waals surface area contributed by atoms with Gasteiger partial charge in [-0.3, -0.25) is 14.6 Å². The molecule has 1 aliphatic carbocycles. The number of aryl methyl sites for hydroxylation is 1. The first-order valence-corrected chi connectivity index (χ1v) is 24.5. The highest BCUT2D eigenvalue weighted by molar-refractivity contribution is 6.10. The summed E-state index contributed by atoms with van der Waals surface area (Å²) < 4.78 is 1.46. The monoisotopic (exact) mass is 939 g/mol. The summed E-state index contributed by atoms with van der Waals surface area (Å²) in [6.07, 6.45) is 5.98. The lowest BCUT2D eigenvalue weighted by molar-refractivity contribution is -0.122. The Morgan fingerprint density at radius 2 is 1.60 bits per heavy atom. The van der Waals surface area contributed by atoms with Gasteiger partial charge in [0, 0.05) is 115 Å². The number of aromatic amines is 1. The van der Waals surface area contributed by atoms with Crippen molar-refractivity contribution in [2.24, 2.45) is 0 Å². The average Bonchev–Trinajstić information content (AvgIpc) is 3.94. The van der Waals surface area contributed by atoms with E-state index < -0.39 is 11.5 Å². The lowest BCUT2D eigenvalue weighted by Crippen LogP contribution is -2.54. The molecule has 3 saturated heterocycles. The maximum Gasteiger partial charge on any atom is 0.234 e. The number of piperazine rings is 1. The number of allylic oxidation sites excluding steroid dienone is 2. The number of aromatic nitrogens is 2. The molecule has 3 aliphatic heterocycles. The van der Waals surface area contributed by atoms with Gasteiger partial charge in [0.1, 0.15) is 39.9 Å². The second-order valence-electron chi connectivity index (χ2n) is 19.4. The Balaban J connectivity index is 0.726. The van der Waals surface area contributed by atoms with Crippen LogP contribution in [0.4, 0.5) is 11.4 Å². The van der Waals surface area contributed by atoms with Crippen LogP contribution in [-0.4, -0.2) is 120 Å². The van der Waals surface area contributed by atoms with Gasteiger partial charge in [-0.2, -0.15) is 5.26 Å². The molecule has 4 N–H and O–H groups in total. The number of hydrogen-bond acceptors (Lipinski definition) is 12. The second-order valence-corrected chi connectivity index (χ2v) is 19.4. The zero-order valence-corrected chi connectivity index (χ0v) is 40.0. The summed E-state index contributed by atoms with van der Waals surface area (Å²) in [4.78, 5) is 84.4. The standard InChI is InChI=1S/C55H57N9O6/c1-4-36-26-41-42(31-66)52-39-13-11-35(28-56)25-45(39)60-54(52)55(2,3)43(41)27-48(36)63-19-15-38(16-20-63)62-23-21-61(22-24-62)29-51(70)58-18-7-5-6-17-57-44-10-8-9-40-49(33-68)64(50(34-69)53(40)44)47-14-12-37(30-65)59-46(47)32-67/h8-11,13,25-27,38,47,57,59-60H,4-7,12,14-24,29H2,1-3H3,(H,58,70). The molecule has 4 aliphatic rings. The molecule has 3 fully saturated rings. The van der Waals surface area contributed by atoms with Gasteiger partial charge in [0.25, 0.3) is 0 Å². The fourth-order valence-electron chi connectivity index (χ4n) is 11.4. The van der Waals surface area contributed by atoms with Gasteiger partial charge in [-0.25, -0.2) is 24.0 Å². The molecule has 1 amide bonds. The molecule has 0 saturated carbocycles. The van der Waals surface area contributed by atoms with E-state index in [9.17, 15) is 34.0 Å². The average molecular weight is 940 g/mol. The van der Waals surface area contributed by atoms with Crippen LogP contribution in [0.15, 0.2) is 59.9 Å². The van der Waals surface area contributed by atoms with Crippen molar-refractivity contribution in [2.45, 2.75) is 89.6 Å². The summed E-state index contributed by atoms with van der Waals surface area (Å²) in [6.45, 7) is 13.5. The van der Waals surface area contributed by atoms with E-state index in [1.165, 1.54) is 15.8 Å². The van der Waals surface area contributed by atoms with Crippen LogP contribution in [0.1, 0.15) is 105 Å². The minimum Gasteiger partial charge on any atom is -0.384 e. The van der Waals surface area contributed by atoms with Crippen LogP contribution in [0.2, 0.25) is 0 Å². The Bertz CT molecular complexity index is 3280. The molecule has 0 radical (unpaired) electrons. The van der Waals surface area contributed by atoms with Gasteiger partial charge < -0.3 is 30.4 Å². The zero-order valence-electron chi connectivity index (χ0n) is 40.0. The molecule has 358 valence electrons. The van der Waals surface area contributed by atoms with E-state index in [0.29, 0.717) is 53.3 Å². The molecule has 0 bridgehead atoms. The van der Waals surface area contributed by atoms with Crippen LogP contribution in [-0.2, 0) is 40.6 Å². The van der Waals surface area contributed by atoms with Gasteiger partial charge in [0.2, 0.25) is 5.91 Å². The van der Waals surface area contributed by atoms with E-state index in [2.05, 4.69) is 80.5 Å². The van der Waals surface area contributed by atoms with Crippen molar-refractivity contribution in [1.29, 1.82) is 5.26 Å². The fourth-order valence-corrected chi connectivity index (χ4v) is 11.4. The third kappa shape index (κ3) is 8.75. The number of fused-ring (bicyclic) bond motifs is 5. The number of H-pyrrole nitrogens is 1. The van der Waals surface area contributed by atoms with Crippen LogP contribution < -0.4 is 31.5 Å². The number of rotatable bonds is 13. The van der Waals surface area contributed by atoms with E-state index >= 15 is 0 Å². The van der Waals surface area contributed by atoms with E-state index in [1.807, 2.05) is 36.0 Å². The van der Waals surface area contributed by atoms with E-state index in [-0.39, 0.29) is 40.8 Å². The number of hydrogen-bond donors (Lipinski definition) is 4. The van der Waals surface area contributed by atoms with Crippen LogP contribution in [0.3, 0.4) is 0 Å². The normalized spacial score (nSPS) is 18.2. The van der Waals surface area contributed by atoms with Gasteiger partial charge >= 0.3 is 0 Å². The SMILES string of the molecule is CCc1cc2c(cc1N1CCC(N3CCN(CC(=O)NCCCCCNc4cccc5c(=C=O)n(C6CCC(=C=O)NC6=C=O)c(=C=O)c45)CC3)CC1)C(C)(C)c1[nH]c3cc(C#N)ccc3c1C2=C=O. The molecule has 5 aromatic rings. The number of carbonyl (C=O) groups is 1. The number of unbranched alkanes of at least 4 members (excludes halogenated alkanes) is 2. The summed E-state index contributed by atoms with van der Waals surface area (Å²) in [5, 5.41) is 20.9. The summed E-state index contributed by atoms with van der Waals surface area (Å²) in [5.74, 6) is 9.86. The quantitative estimate of drug-likeness (QED) is 0.0988. The van der Waals surface area contributed by atoms with Crippen molar-refractivity contribution in [3.05, 3.63) is 104 Å². The maximum absolute atomic E-state index is 13.0. The first-order chi connectivity index (χ1) is 34.1. The first-order valence-electron chi connectivity index (χ1n) is 24.5. The molecule has 2 aromatic heterocycles. The van der Waals surface area contributed by atoms with E-state index in [4.69, 9.17) is 0 Å². The van der Waals surface area contributed by atoms with Gasteiger partial charge in [-0.05, 0) is 92.0 Å². The minimum atomic E-state index is -0.728. The van der Waals surface area contributed by atoms with Crippen molar-refractivity contribution >= 4 is 74.2 Å². The third-order valence-corrected chi connectivity index (χ3v) is 15.1. The summed E-state index contributed by atoms with van der Waals surface area (Å²) in [6, 6.07) is 17.4. The Kier molecular flexibility index (Phi) is 13.8. The van der Waals surface area contributed by atoms with Gasteiger partial charge in [-0.1, -0.05) is 39.0 Å². The molecule has 0 spiro atoms. The highest BCUT2D eigenvalue weighted by atomic mass is 16.2. The number of anilines is 2. The maximum atomic E-state index is 13.0. The second kappa shape index (κ2) is 20.2. The zero-order chi connectivity index (χ0) is 49.1. The van der Waals surface area contributed by atoms with Crippen molar-refractivity contribution in [3.8, 4) is 6.07 Å². The van der Waals surface area contributed by atoms with E-state index in [1.54, 1.807) is 24.1 Å². The molecule has 70 heavy (non-hydrogen) atoms. The Hall–Kier alpha value is -7.47. The minimum absolute atomic E-state index is 0.0280. The lowest BCUT2D eigenvalue weighted by atomic mass is 9.69. The summed E-state index contributed by atoms with van der Waals surface area (Å²) >= 11 is 0. The summed E-state index contributed by atoms with van der Waals surface area (Å²) in [7, 11) is 0. The molecule has 15 nitrogen and oxygen atoms in total. The van der Waals surface area contributed by atoms with Crippen molar-refractivity contribution in [2.75, 3.05) is 69.1 Å². The number of nitrogens with zero attached hydrogens (tertiary/aromatic N) is 5. The van der Waals surface area contributed by atoms with Crippen LogP contribution >= 0.6 is 0 Å². The molecule has 5 heterocycles. The lowest BCUT2D eigenvalue weighted by Gasteiger charge is -2.44. The van der Waals surface area contributed by atoms with Crippen molar-refractivity contribution < 1.29 is 28.8 Å². The smallest absolute Gasteiger partial charge is 0.234 e. The predicted molar refractivity (Wildman–Crippen MR) is 268 cm³/mol. The van der Waals surface area contributed by atoms with Gasteiger partial charge in [-0.15, -0.1) is 0 Å². The number of benzene rings is 3. The predicted octanol–water partition coefficient (Wildman–Crippen LogP) is 3.81. The molecule has 1 unspecified atom stereocenters. The summed E-state index contributed by atoms with van der Waals surface area (Å²) in [5.41, 5.74) is 8.83. The highest BCUT2D eigenvalue weighted by Gasteiger charge is 2.40. The van der Waals surface area contributed by atoms with Gasteiger partial charge in [0.15, 0.2) is 11.9 Å². The van der Waals surface area contributed by atoms with Crippen LogP contribution in [0.5, 0.6) is 0 Å². The largest absolute Gasteiger partial charge is 0.384 e. The Morgan fingerprint density at radius 1 is 0.829 bits per heavy atom. The molecule has 3 aromatic carbocycles. The van der Waals surface area contributed by atoms with E-state index in [0.717, 1.165) is 111 Å². The number of carbonyl (C=O) groups excluding carboxylic acids is 6. The Morgan fingerprint density at radius 3 is 2.30 bits per heavy atom. The Labute approximate surface area is 405 Å². The topological polar surface area (TPSA) is 193 Å². The highest BCUT2D eigenvalue weighted by Crippen LogP contribution is 2.50. The molecular weight excluding hydrogens is 883 g/mol. The third-order valence-electron chi connectivity index (χ3n) is 15.1. The van der Waals surface area contributed by atoms with Crippen LogP contribution in [0.25, 0.3) is 27.2 Å². The fraction of sp³-hybridized carbons (Fsp3) is 0.418. The van der Waals surface area contributed by atoms with Gasteiger partial charge in [0.05, 0.1) is 29.8 Å². The van der Waals surface area contributed by atoms with Crippen LogP contribution in [0, 0.1) is 11.3 Å². The number of amides is 1. The molecular formula is C55H57N9O6. The number of nitrogens with one attached hydrogen (secondary N) is 4. The molecule has 9 rings (SSSR count). The van der Waals surface area contributed by atoms with Crippen molar-refractivity contribution in [3.63, 3.8) is 0 Å².